The molecule has 2 fully saturated rings. The lowest BCUT2D eigenvalue weighted by atomic mass is 9.83. The molecule has 0 spiro atoms. The summed E-state index contributed by atoms with van der Waals surface area (Å²) in [6, 6.07) is 3.26. The largest absolute Gasteiger partial charge is 0.506 e. The van der Waals surface area contributed by atoms with Crippen LogP contribution in [0.2, 0.25) is 5.02 Å². The van der Waals surface area contributed by atoms with Gasteiger partial charge in [-0.3, -0.25) is 14.9 Å². The highest BCUT2D eigenvalue weighted by molar-refractivity contribution is 6.35. The van der Waals surface area contributed by atoms with E-state index in [9.17, 15) is 24.6 Å². The molecule has 12 heteroatoms. The molecule has 7 unspecified atom stereocenters. The van der Waals surface area contributed by atoms with E-state index in [0.29, 0.717) is 17.7 Å². The molecule has 43 heavy (non-hydrogen) atoms. The number of epoxide rings is 1. The molecule has 3 heterocycles. The van der Waals surface area contributed by atoms with Crippen molar-refractivity contribution in [3.63, 3.8) is 0 Å². The number of nitrogens with zero attached hydrogens (tertiary/aromatic N) is 1. The zero-order valence-corrected chi connectivity index (χ0v) is 26.3. The van der Waals surface area contributed by atoms with Crippen LogP contribution in [0.4, 0.5) is 10.5 Å². The number of allylic oxidation sites excluding steroid dienone is 3. The smallest absolute Gasteiger partial charge is 0.409 e. The number of aliphatic hydroxyl groups is 1. The Morgan fingerprint density at radius 3 is 2.63 bits per heavy atom. The van der Waals surface area contributed by atoms with E-state index in [1.807, 2.05) is 19.9 Å². The quantitative estimate of drug-likeness (QED) is 0.337. The van der Waals surface area contributed by atoms with Gasteiger partial charge in [-0.15, -0.1) is 0 Å². The van der Waals surface area contributed by atoms with Gasteiger partial charge in [0.1, 0.15) is 34.7 Å². The third kappa shape index (κ3) is 6.85. The third-order valence-electron chi connectivity index (χ3n) is 8.47. The number of esters is 1. The van der Waals surface area contributed by atoms with Crippen LogP contribution < -0.4 is 10.2 Å². The summed E-state index contributed by atoms with van der Waals surface area (Å²) in [6.45, 7) is 8.83. The van der Waals surface area contributed by atoms with Crippen molar-refractivity contribution in [1.82, 2.24) is 5.32 Å². The highest BCUT2D eigenvalue weighted by Crippen LogP contribution is 2.49. The number of fused-ring (bicyclic) bond motifs is 5. The average molecular weight is 621 g/mol. The first-order chi connectivity index (χ1) is 20.1. The summed E-state index contributed by atoms with van der Waals surface area (Å²) >= 11 is 6.44. The number of benzene rings is 1. The second kappa shape index (κ2) is 12.5. The maximum atomic E-state index is 13.7. The number of amides is 2. The number of hydrogen-bond donors (Lipinski definition) is 3. The summed E-state index contributed by atoms with van der Waals surface area (Å²) < 4.78 is 23.1. The highest BCUT2D eigenvalue weighted by atomic mass is 35.5. The lowest BCUT2D eigenvalue weighted by molar-refractivity contribution is -0.157. The molecule has 0 aliphatic carbocycles. The van der Waals surface area contributed by atoms with Crippen molar-refractivity contribution < 1.29 is 43.5 Å². The van der Waals surface area contributed by atoms with Gasteiger partial charge in [0, 0.05) is 26.5 Å². The molecule has 0 radical (unpaired) electrons. The molecule has 1 aromatic carbocycles. The second-order valence-corrected chi connectivity index (χ2v) is 12.6. The Morgan fingerprint density at radius 2 is 1.98 bits per heavy atom. The van der Waals surface area contributed by atoms with E-state index in [-0.39, 0.29) is 23.6 Å². The van der Waals surface area contributed by atoms with Crippen LogP contribution in [0.1, 0.15) is 53.0 Å². The minimum absolute atomic E-state index is 0.0108. The molecular weight excluding hydrogens is 580 g/mol. The Hall–Kier alpha value is -3.12. The van der Waals surface area contributed by atoms with Crippen molar-refractivity contribution in [1.29, 1.82) is 0 Å². The van der Waals surface area contributed by atoms with Gasteiger partial charge in [-0.05, 0) is 38.0 Å². The first kappa shape index (κ1) is 32.8. The number of ether oxygens (including phenoxy) is 4. The Kier molecular flexibility index (Phi) is 9.51. The van der Waals surface area contributed by atoms with E-state index in [2.05, 4.69) is 5.32 Å². The number of aromatic hydroxyl groups is 1. The molecule has 11 nitrogen and oxygen atoms in total. The SMILES string of the molecule is COC1/C=C/C=C(\C)Cc2cc(O)c(Cl)c(c2)N(C)C(=O)CC(OC(=O)C(C)C)C2(C)OC2C(C)C2CC1(O)NC(=O)O2. The fraction of sp³-hybridized carbons (Fsp3) is 0.581. The number of methoxy groups -OCH3 is 1. The number of phenols is 1. The van der Waals surface area contributed by atoms with Crippen molar-refractivity contribution in [2.24, 2.45) is 11.8 Å². The Bertz CT molecular complexity index is 1330. The van der Waals surface area contributed by atoms with Crippen LogP contribution in [0.15, 0.2) is 35.9 Å². The summed E-state index contributed by atoms with van der Waals surface area (Å²) in [5.74, 6) is -2.01. The fourth-order valence-electron chi connectivity index (χ4n) is 5.75. The van der Waals surface area contributed by atoms with Crippen molar-refractivity contribution in [2.75, 3.05) is 19.1 Å². The Morgan fingerprint density at radius 1 is 1.28 bits per heavy atom. The normalized spacial score (nSPS) is 35.3. The summed E-state index contributed by atoms with van der Waals surface area (Å²) in [6.07, 6.45) is 1.29. The van der Waals surface area contributed by atoms with Gasteiger partial charge in [0.05, 0.1) is 24.1 Å². The summed E-state index contributed by atoms with van der Waals surface area (Å²) in [5, 5.41) is 24.6. The number of halogens is 1. The van der Waals surface area contributed by atoms with Crippen molar-refractivity contribution >= 4 is 35.3 Å². The van der Waals surface area contributed by atoms with Crippen molar-refractivity contribution in [3.05, 3.63) is 46.5 Å². The molecule has 3 aliphatic heterocycles. The van der Waals surface area contributed by atoms with E-state index in [1.165, 1.54) is 18.1 Å². The molecule has 0 saturated carbocycles. The fourth-order valence-corrected chi connectivity index (χ4v) is 5.98. The summed E-state index contributed by atoms with van der Waals surface area (Å²) in [4.78, 5) is 40.4. The van der Waals surface area contributed by atoms with Gasteiger partial charge in [-0.2, -0.15) is 0 Å². The highest BCUT2D eigenvalue weighted by Gasteiger charge is 2.64. The van der Waals surface area contributed by atoms with Gasteiger partial charge < -0.3 is 34.1 Å². The minimum atomic E-state index is -1.78. The molecule has 4 rings (SSSR count). The Labute approximate surface area is 256 Å². The summed E-state index contributed by atoms with van der Waals surface area (Å²) in [5.41, 5.74) is -0.974. The van der Waals surface area contributed by atoms with Crippen LogP contribution in [-0.2, 0) is 35.0 Å². The van der Waals surface area contributed by atoms with E-state index in [4.69, 9.17) is 30.5 Å². The van der Waals surface area contributed by atoms with Crippen LogP contribution in [0.3, 0.4) is 0 Å². The van der Waals surface area contributed by atoms with Crippen LogP contribution >= 0.6 is 11.6 Å². The number of alkyl carbamates (subject to hydrolysis) is 1. The number of carbonyl (C=O) groups excluding carboxylic acids is 3. The number of nitrogens with one attached hydrogen (secondary N) is 1. The molecule has 2 saturated heterocycles. The standard InChI is InChI=1S/C31H41ClN2O9/c1-16(2)28(37)42-24-14-25(36)34(6)20-12-19(13-21(35)26(20)32)11-17(3)9-8-10-23(40-7)31(39)15-22(41-29(38)33-31)18(4)27-30(24,5)43-27/h8-10,12-13,16,18,22-24,27,35,39H,11,14-15H2,1-7H3,(H,33,38)/b10-8+,17-9+. The maximum Gasteiger partial charge on any atom is 0.409 e. The van der Waals surface area contributed by atoms with Crippen molar-refractivity contribution in [2.45, 2.75) is 89.6 Å². The van der Waals surface area contributed by atoms with Gasteiger partial charge in [0.15, 0.2) is 5.72 Å². The van der Waals surface area contributed by atoms with Gasteiger partial charge in [-0.25, -0.2) is 4.79 Å². The molecule has 236 valence electrons. The van der Waals surface area contributed by atoms with Crippen LogP contribution in [0.25, 0.3) is 0 Å². The third-order valence-corrected chi connectivity index (χ3v) is 8.86. The van der Waals surface area contributed by atoms with Crippen molar-refractivity contribution in [3.8, 4) is 5.75 Å². The van der Waals surface area contributed by atoms with Gasteiger partial charge in [-0.1, -0.05) is 56.2 Å². The van der Waals surface area contributed by atoms with E-state index in [1.54, 1.807) is 46.0 Å². The predicted octanol–water partition coefficient (Wildman–Crippen LogP) is 4.02. The van der Waals surface area contributed by atoms with Crippen LogP contribution in [-0.4, -0.2) is 78.1 Å². The average Bonchev–Trinajstić information content (AvgIpc) is 3.62. The monoisotopic (exact) mass is 620 g/mol. The van der Waals surface area contributed by atoms with Crippen LogP contribution in [0, 0.1) is 11.8 Å². The maximum absolute atomic E-state index is 13.7. The molecule has 7 atom stereocenters. The molecule has 4 bridgehead atoms. The number of hydrogen-bond acceptors (Lipinski definition) is 9. The number of rotatable bonds is 3. The first-order valence-corrected chi connectivity index (χ1v) is 14.7. The zero-order chi connectivity index (χ0) is 31.9. The van der Waals surface area contributed by atoms with E-state index < -0.39 is 65.5 Å². The molecule has 3 N–H and O–H groups in total. The predicted molar refractivity (Wildman–Crippen MR) is 159 cm³/mol. The number of phenolic OH excluding ortho intramolecular Hbond substituents is 1. The Balaban J connectivity index is 1.78. The second-order valence-electron chi connectivity index (χ2n) is 12.2. The molecule has 2 amide bonds. The minimum Gasteiger partial charge on any atom is -0.506 e. The number of anilines is 1. The van der Waals surface area contributed by atoms with E-state index >= 15 is 0 Å². The zero-order valence-electron chi connectivity index (χ0n) is 25.5. The first-order valence-electron chi connectivity index (χ1n) is 14.3. The molecular formula is C31H41ClN2O9. The topological polar surface area (TPSA) is 147 Å². The van der Waals surface area contributed by atoms with E-state index in [0.717, 1.165) is 5.57 Å². The molecule has 3 aliphatic rings. The van der Waals surface area contributed by atoms with Gasteiger partial charge in [0.25, 0.3) is 0 Å². The lowest BCUT2D eigenvalue weighted by Crippen LogP contribution is -2.63. The van der Waals surface area contributed by atoms with Gasteiger partial charge in [0.2, 0.25) is 5.91 Å². The van der Waals surface area contributed by atoms with Crippen LogP contribution in [0.5, 0.6) is 5.75 Å². The lowest BCUT2D eigenvalue weighted by Gasteiger charge is -2.42. The summed E-state index contributed by atoms with van der Waals surface area (Å²) in [7, 11) is 2.97. The number of carbonyl (C=O) groups is 3. The molecule has 0 aromatic heterocycles. The molecule has 1 aromatic rings. The van der Waals surface area contributed by atoms with Gasteiger partial charge >= 0.3 is 12.1 Å².